The topological polar surface area (TPSA) is 60.2 Å². The van der Waals surface area contributed by atoms with Gasteiger partial charge in [0.05, 0.1) is 10.8 Å². The second-order valence-corrected chi connectivity index (χ2v) is 7.12. The quantitative estimate of drug-likeness (QED) is 0.904. The molecule has 0 aliphatic carbocycles. The van der Waals surface area contributed by atoms with Gasteiger partial charge in [0, 0.05) is 11.8 Å². The van der Waals surface area contributed by atoms with E-state index in [0.717, 1.165) is 24.5 Å². The first-order valence-electron chi connectivity index (χ1n) is 4.97. The Kier molecular flexibility index (Phi) is 3.59. The summed E-state index contributed by atoms with van der Waals surface area (Å²) in [6, 6.07) is 1.68. The lowest BCUT2D eigenvalue weighted by atomic mass is 9.95. The molecule has 1 rings (SSSR count). The van der Waals surface area contributed by atoms with Crippen LogP contribution in [0.5, 0.6) is 0 Å². The lowest BCUT2D eigenvalue weighted by Gasteiger charge is -2.30. The van der Waals surface area contributed by atoms with Crippen molar-refractivity contribution in [3.63, 3.8) is 0 Å². The minimum absolute atomic E-state index is 0.138. The molecule has 0 fully saturated rings. The summed E-state index contributed by atoms with van der Waals surface area (Å²) < 4.78 is 48.3. The fourth-order valence-corrected chi connectivity index (χ4v) is 1.95. The Morgan fingerprint density at radius 2 is 1.82 bits per heavy atom. The maximum atomic E-state index is 13.5. The summed E-state index contributed by atoms with van der Waals surface area (Å²) in [5.74, 6) is -1.36. The van der Waals surface area contributed by atoms with Crippen LogP contribution >= 0.6 is 0 Å². The highest BCUT2D eigenvalue weighted by atomic mass is 32.2. The molecule has 0 saturated carbocycles. The van der Waals surface area contributed by atoms with Crippen LogP contribution in [0.3, 0.4) is 0 Å². The third-order valence-corrected chi connectivity index (χ3v) is 5.16. The van der Waals surface area contributed by atoms with Crippen LogP contribution in [0.4, 0.5) is 8.78 Å². The Morgan fingerprint density at radius 3 is 2.29 bits per heavy atom. The third-order valence-electron chi connectivity index (χ3n) is 3.00. The number of hydrogen-bond donors (Lipinski definition) is 1. The lowest BCUT2D eigenvalue weighted by molar-refractivity contribution is 0.475. The number of rotatable bonds is 3. The number of nitrogens with two attached hydrogens (primary N) is 1. The van der Waals surface area contributed by atoms with E-state index < -0.39 is 32.3 Å². The number of sulfone groups is 1. The Hall–Kier alpha value is -1.01. The van der Waals surface area contributed by atoms with Crippen molar-refractivity contribution in [3.8, 4) is 0 Å². The van der Waals surface area contributed by atoms with Crippen LogP contribution in [-0.2, 0) is 9.84 Å². The van der Waals surface area contributed by atoms with Crippen LogP contribution in [0.1, 0.15) is 25.5 Å². The molecular formula is C11H15F2NO2S. The minimum Gasteiger partial charge on any atom is -0.323 e. The number of halogens is 2. The van der Waals surface area contributed by atoms with Crippen LogP contribution < -0.4 is 5.73 Å². The molecule has 96 valence electrons. The first-order valence-corrected chi connectivity index (χ1v) is 6.86. The Morgan fingerprint density at radius 1 is 1.29 bits per heavy atom. The van der Waals surface area contributed by atoms with E-state index in [2.05, 4.69) is 0 Å². The van der Waals surface area contributed by atoms with Crippen LogP contribution in [-0.4, -0.2) is 19.4 Å². The highest BCUT2D eigenvalue weighted by Gasteiger charge is 2.38. The van der Waals surface area contributed by atoms with Gasteiger partial charge in [0.25, 0.3) is 0 Å². The summed E-state index contributed by atoms with van der Waals surface area (Å²) in [7, 11) is -3.49. The molecule has 0 aliphatic heterocycles. The van der Waals surface area contributed by atoms with E-state index in [4.69, 9.17) is 5.73 Å². The van der Waals surface area contributed by atoms with E-state index in [1.165, 1.54) is 13.8 Å². The van der Waals surface area contributed by atoms with Gasteiger partial charge in [-0.15, -0.1) is 0 Å². The smallest absolute Gasteiger partial charge is 0.154 e. The zero-order valence-corrected chi connectivity index (χ0v) is 10.7. The van der Waals surface area contributed by atoms with Crippen molar-refractivity contribution in [1.29, 1.82) is 0 Å². The zero-order chi connectivity index (χ0) is 13.4. The van der Waals surface area contributed by atoms with E-state index in [0.29, 0.717) is 0 Å². The molecule has 0 amide bonds. The molecular weight excluding hydrogens is 248 g/mol. The van der Waals surface area contributed by atoms with Crippen LogP contribution in [0.15, 0.2) is 18.2 Å². The molecule has 1 atom stereocenters. The monoisotopic (exact) mass is 263 g/mol. The van der Waals surface area contributed by atoms with Crippen LogP contribution in [0.2, 0.25) is 0 Å². The number of hydrogen-bond acceptors (Lipinski definition) is 3. The van der Waals surface area contributed by atoms with Crippen molar-refractivity contribution >= 4 is 9.84 Å². The van der Waals surface area contributed by atoms with E-state index >= 15 is 0 Å². The molecule has 17 heavy (non-hydrogen) atoms. The Labute approximate surface area is 99.6 Å². The zero-order valence-electron chi connectivity index (χ0n) is 9.87. The Balaban J connectivity index is 3.30. The van der Waals surface area contributed by atoms with Gasteiger partial charge in [0.1, 0.15) is 11.6 Å². The summed E-state index contributed by atoms with van der Waals surface area (Å²) >= 11 is 0. The first-order chi connectivity index (χ1) is 7.57. The van der Waals surface area contributed by atoms with Gasteiger partial charge in [-0.25, -0.2) is 17.2 Å². The van der Waals surface area contributed by atoms with Gasteiger partial charge in [-0.3, -0.25) is 0 Å². The summed E-state index contributed by atoms with van der Waals surface area (Å²) in [5, 5.41) is 0. The van der Waals surface area contributed by atoms with Gasteiger partial charge in [-0.2, -0.15) is 0 Å². The summed E-state index contributed by atoms with van der Waals surface area (Å²) in [4.78, 5) is 0. The predicted octanol–water partition coefficient (Wildman–Crippen LogP) is 1.79. The average Bonchev–Trinajstić information content (AvgIpc) is 2.19. The van der Waals surface area contributed by atoms with Gasteiger partial charge in [0.15, 0.2) is 9.84 Å². The van der Waals surface area contributed by atoms with Crippen molar-refractivity contribution in [2.75, 3.05) is 6.26 Å². The van der Waals surface area contributed by atoms with Gasteiger partial charge in [0.2, 0.25) is 0 Å². The van der Waals surface area contributed by atoms with Crippen molar-refractivity contribution < 1.29 is 17.2 Å². The van der Waals surface area contributed by atoms with Crippen molar-refractivity contribution in [2.24, 2.45) is 5.73 Å². The second-order valence-electron chi connectivity index (χ2n) is 4.52. The first kappa shape index (κ1) is 14.1. The molecule has 6 heteroatoms. The molecule has 0 aromatic heterocycles. The van der Waals surface area contributed by atoms with Crippen LogP contribution in [0.25, 0.3) is 0 Å². The van der Waals surface area contributed by atoms with E-state index in [-0.39, 0.29) is 5.56 Å². The molecule has 1 aromatic carbocycles. The van der Waals surface area contributed by atoms with Gasteiger partial charge >= 0.3 is 0 Å². The van der Waals surface area contributed by atoms with Crippen molar-refractivity contribution in [3.05, 3.63) is 35.4 Å². The largest absolute Gasteiger partial charge is 0.323 e. The molecule has 0 aliphatic rings. The highest BCUT2D eigenvalue weighted by Crippen LogP contribution is 2.31. The summed E-state index contributed by atoms with van der Waals surface area (Å²) in [6.07, 6.45) is 1.02. The summed E-state index contributed by atoms with van der Waals surface area (Å²) in [5.41, 5.74) is 5.60. The van der Waals surface area contributed by atoms with E-state index in [1.54, 1.807) is 0 Å². The Bertz CT molecular complexity index is 526. The van der Waals surface area contributed by atoms with Crippen molar-refractivity contribution in [2.45, 2.75) is 24.6 Å². The molecule has 0 radical (unpaired) electrons. The minimum atomic E-state index is -3.49. The van der Waals surface area contributed by atoms with Gasteiger partial charge in [-0.05, 0) is 32.0 Å². The molecule has 0 saturated heterocycles. The SMILES string of the molecule is CC(C)(C(N)c1cc(F)ccc1F)S(C)(=O)=O. The highest BCUT2D eigenvalue weighted by molar-refractivity contribution is 7.92. The van der Waals surface area contributed by atoms with Crippen molar-refractivity contribution in [1.82, 2.24) is 0 Å². The normalized spacial score (nSPS) is 14.7. The molecule has 0 bridgehead atoms. The molecule has 0 heterocycles. The van der Waals surface area contributed by atoms with E-state index in [1.807, 2.05) is 0 Å². The molecule has 2 N–H and O–H groups in total. The molecule has 1 unspecified atom stereocenters. The summed E-state index contributed by atoms with van der Waals surface area (Å²) in [6.45, 7) is 2.77. The average molecular weight is 263 g/mol. The van der Waals surface area contributed by atoms with Gasteiger partial charge < -0.3 is 5.73 Å². The molecule has 3 nitrogen and oxygen atoms in total. The van der Waals surface area contributed by atoms with Crippen LogP contribution in [0, 0.1) is 11.6 Å². The maximum Gasteiger partial charge on any atom is 0.154 e. The number of benzene rings is 1. The lowest BCUT2D eigenvalue weighted by Crippen LogP contribution is -2.42. The molecule has 1 aromatic rings. The van der Waals surface area contributed by atoms with Gasteiger partial charge in [-0.1, -0.05) is 0 Å². The fraction of sp³-hybridized carbons (Fsp3) is 0.455. The standard InChI is InChI=1S/C11H15F2NO2S/c1-11(2,17(3,15)16)10(14)8-6-7(12)4-5-9(8)13/h4-6,10H,14H2,1-3H3. The second kappa shape index (κ2) is 4.34. The third kappa shape index (κ3) is 2.63. The fourth-order valence-electron chi connectivity index (χ4n) is 1.36. The van der Waals surface area contributed by atoms with E-state index in [9.17, 15) is 17.2 Å². The maximum absolute atomic E-state index is 13.5. The molecule has 0 spiro atoms. The predicted molar refractivity (Wildman–Crippen MR) is 62.2 cm³/mol.